The molecule has 0 bridgehead atoms. The molecule has 72 valence electrons. The van der Waals surface area contributed by atoms with Gasteiger partial charge in [-0.15, -0.1) is 0 Å². The Balaban J connectivity index is 2.43. The van der Waals surface area contributed by atoms with Crippen LogP contribution in [0.4, 0.5) is 0 Å². The van der Waals surface area contributed by atoms with Crippen molar-refractivity contribution in [2.75, 3.05) is 19.6 Å². The molecule has 3 atom stereocenters. The van der Waals surface area contributed by atoms with Gasteiger partial charge in [-0.3, -0.25) is 4.90 Å². The fraction of sp³-hybridized carbons (Fsp3) is 1.00. The SMILES string of the molecule is C[C@H](CN)N1C[C@H](C)O[C@@H](C)C1. The monoisotopic (exact) mass is 172 g/mol. The zero-order valence-electron chi connectivity index (χ0n) is 8.29. The van der Waals surface area contributed by atoms with Crippen LogP contribution >= 0.6 is 0 Å². The number of rotatable bonds is 2. The van der Waals surface area contributed by atoms with Gasteiger partial charge in [-0.1, -0.05) is 0 Å². The minimum atomic E-state index is 0.350. The normalized spacial score (nSPS) is 35.0. The molecular weight excluding hydrogens is 152 g/mol. The van der Waals surface area contributed by atoms with Crippen molar-refractivity contribution in [3.8, 4) is 0 Å². The molecule has 0 amide bonds. The fourth-order valence-electron chi connectivity index (χ4n) is 1.73. The number of hydrogen-bond donors (Lipinski definition) is 1. The second-order valence-corrected chi connectivity index (χ2v) is 3.80. The van der Waals surface area contributed by atoms with Crippen LogP contribution < -0.4 is 5.73 Å². The van der Waals surface area contributed by atoms with Crippen LogP contribution in [0.1, 0.15) is 20.8 Å². The molecule has 0 spiro atoms. The summed E-state index contributed by atoms with van der Waals surface area (Å²) in [5, 5.41) is 0. The Morgan fingerprint density at radius 1 is 1.42 bits per heavy atom. The first-order valence-electron chi connectivity index (χ1n) is 4.73. The largest absolute Gasteiger partial charge is 0.373 e. The molecule has 1 aliphatic rings. The first-order valence-corrected chi connectivity index (χ1v) is 4.73. The molecular formula is C9H20N2O. The predicted octanol–water partition coefficient (Wildman–Crippen LogP) is 0.443. The minimum absolute atomic E-state index is 0.350. The molecule has 3 nitrogen and oxygen atoms in total. The van der Waals surface area contributed by atoms with Crippen LogP contribution in [0.2, 0.25) is 0 Å². The Kier molecular flexibility index (Phi) is 3.50. The summed E-state index contributed by atoms with van der Waals surface area (Å²) in [6.45, 7) is 9.17. The predicted molar refractivity (Wildman–Crippen MR) is 50.1 cm³/mol. The molecule has 0 saturated carbocycles. The minimum Gasteiger partial charge on any atom is -0.373 e. The molecule has 3 heteroatoms. The topological polar surface area (TPSA) is 38.5 Å². The Bertz CT molecular complexity index is 130. The standard InChI is InChI=1S/C9H20N2O/c1-7(4-10)11-5-8(2)12-9(3)6-11/h7-9H,4-6,10H2,1-3H3/t7-,8+,9+/m1/s1. The van der Waals surface area contributed by atoms with E-state index in [2.05, 4.69) is 25.7 Å². The lowest BCUT2D eigenvalue weighted by Gasteiger charge is -2.38. The van der Waals surface area contributed by atoms with Crippen molar-refractivity contribution >= 4 is 0 Å². The van der Waals surface area contributed by atoms with Crippen molar-refractivity contribution < 1.29 is 4.74 Å². The first kappa shape index (κ1) is 9.96. The van der Waals surface area contributed by atoms with E-state index < -0.39 is 0 Å². The molecule has 1 saturated heterocycles. The van der Waals surface area contributed by atoms with Crippen LogP contribution in [-0.4, -0.2) is 42.8 Å². The molecule has 1 fully saturated rings. The van der Waals surface area contributed by atoms with Crippen molar-refractivity contribution in [3.63, 3.8) is 0 Å². The van der Waals surface area contributed by atoms with Crippen LogP contribution in [0.15, 0.2) is 0 Å². The Labute approximate surface area is 74.9 Å². The Morgan fingerprint density at radius 2 is 1.92 bits per heavy atom. The van der Waals surface area contributed by atoms with Gasteiger partial charge >= 0.3 is 0 Å². The third-order valence-corrected chi connectivity index (χ3v) is 2.41. The lowest BCUT2D eigenvalue weighted by molar-refractivity contribution is -0.0773. The molecule has 2 N–H and O–H groups in total. The number of hydrogen-bond acceptors (Lipinski definition) is 3. The molecule has 0 radical (unpaired) electrons. The second-order valence-electron chi connectivity index (χ2n) is 3.80. The van der Waals surface area contributed by atoms with E-state index in [1.54, 1.807) is 0 Å². The van der Waals surface area contributed by atoms with E-state index in [0.29, 0.717) is 18.2 Å². The third-order valence-electron chi connectivity index (χ3n) is 2.41. The Hall–Kier alpha value is -0.120. The van der Waals surface area contributed by atoms with Crippen molar-refractivity contribution in [2.24, 2.45) is 5.73 Å². The van der Waals surface area contributed by atoms with E-state index in [0.717, 1.165) is 19.6 Å². The summed E-state index contributed by atoms with van der Waals surface area (Å²) in [7, 11) is 0. The van der Waals surface area contributed by atoms with E-state index in [4.69, 9.17) is 10.5 Å². The van der Waals surface area contributed by atoms with Gasteiger partial charge in [0.15, 0.2) is 0 Å². The van der Waals surface area contributed by atoms with Crippen LogP contribution in [0.3, 0.4) is 0 Å². The average Bonchev–Trinajstić information content (AvgIpc) is 2.01. The molecule has 0 aromatic heterocycles. The quantitative estimate of drug-likeness (QED) is 0.657. The lowest BCUT2D eigenvalue weighted by atomic mass is 10.2. The molecule has 1 rings (SSSR count). The highest BCUT2D eigenvalue weighted by Crippen LogP contribution is 2.12. The number of nitrogens with two attached hydrogens (primary N) is 1. The summed E-state index contributed by atoms with van der Waals surface area (Å²) < 4.78 is 5.63. The van der Waals surface area contributed by atoms with Gasteiger partial charge in [0.25, 0.3) is 0 Å². The van der Waals surface area contributed by atoms with Gasteiger partial charge in [0.2, 0.25) is 0 Å². The highest BCUT2D eigenvalue weighted by atomic mass is 16.5. The van der Waals surface area contributed by atoms with Gasteiger partial charge in [0, 0.05) is 25.7 Å². The van der Waals surface area contributed by atoms with Crippen molar-refractivity contribution in [2.45, 2.75) is 39.0 Å². The van der Waals surface area contributed by atoms with Crippen LogP contribution in [-0.2, 0) is 4.74 Å². The number of morpholine rings is 1. The zero-order chi connectivity index (χ0) is 9.14. The summed E-state index contributed by atoms with van der Waals surface area (Å²) in [6, 6.07) is 0.485. The van der Waals surface area contributed by atoms with Crippen LogP contribution in [0.25, 0.3) is 0 Å². The fourth-order valence-corrected chi connectivity index (χ4v) is 1.73. The maximum atomic E-state index is 5.63. The summed E-state index contributed by atoms with van der Waals surface area (Å²) in [5.41, 5.74) is 5.61. The highest BCUT2D eigenvalue weighted by Gasteiger charge is 2.24. The number of ether oxygens (including phenoxy) is 1. The average molecular weight is 172 g/mol. The first-order chi connectivity index (χ1) is 5.63. The molecule has 0 aromatic rings. The summed E-state index contributed by atoms with van der Waals surface area (Å²) in [5.74, 6) is 0. The maximum absolute atomic E-state index is 5.63. The highest BCUT2D eigenvalue weighted by molar-refractivity contribution is 4.77. The maximum Gasteiger partial charge on any atom is 0.0678 e. The van der Waals surface area contributed by atoms with Gasteiger partial charge in [-0.05, 0) is 20.8 Å². The molecule has 1 heterocycles. The summed E-state index contributed by atoms with van der Waals surface area (Å²) in [4.78, 5) is 2.40. The molecule has 0 aromatic carbocycles. The summed E-state index contributed by atoms with van der Waals surface area (Å²) >= 11 is 0. The van der Waals surface area contributed by atoms with Crippen molar-refractivity contribution in [1.82, 2.24) is 4.90 Å². The van der Waals surface area contributed by atoms with E-state index in [-0.39, 0.29) is 0 Å². The van der Waals surface area contributed by atoms with Gasteiger partial charge in [-0.25, -0.2) is 0 Å². The van der Waals surface area contributed by atoms with E-state index in [1.165, 1.54) is 0 Å². The molecule has 0 aliphatic carbocycles. The van der Waals surface area contributed by atoms with E-state index >= 15 is 0 Å². The van der Waals surface area contributed by atoms with E-state index in [1.807, 2.05) is 0 Å². The van der Waals surface area contributed by atoms with Crippen molar-refractivity contribution in [1.29, 1.82) is 0 Å². The number of nitrogens with zero attached hydrogens (tertiary/aromatic N) is 1. The van der Waals surface area contributed by atoms with Crippen LogP contribution in [0.5, 0.6) is 0 Å². The third kappa shape index (κ3) is 2.44. The van der Waals surface area contributed by atoms with Gasteiger partial charge < -0.3 is 10.5 Å². The smallest absolute Gasteiger partial charge is 0.0678 e. The second kappa shape index (κ2) is 4.21. The van der Waals surface area contributed by atoms with Gasteiger partial charge in [0.05, 0.1) is 12.2 Å². The zero-order valence-corrected chi connectivity index (χ0v) is 8.29. The van der Waals surface area contributed by atoms with Gasteiger partial charge in [0.1, 0.15) is 0 Å². The summed E-state index contributed by atoms with van der Waals surface area (Å²) in [6.07, 6.45) is 0.700. The van der Waals surface area contributed by atoms with Crippen LogP contribution in [0, 0.1) is 0 Å². The van der Waals surface area contributed by atoms with E-state index in [9.17, 15) is 0 Å². The Morgan fingerprint density at radius 3 is 2.33 bits per heavy atom. The molecule has 1 aliphatic heterocycles. The molecule has 0 unspecified atom stereocenters. The molecule has 12 heavy (non-hydrogen) atoms. The van der Waals surface area contributed by atoms with Crippen molar-refractivity contribution in [3.05, 3.63) is 0 Å². The lowest BCUT2D eigenvalue weighted by Crippen LogP contribution is -2.51. The van der Waals surface area contributed by atoms with Gasteiger partial charge in [-0.2, -0.15) is 0 Å².